The number of alkyl halides is 1. The van der Waals surface area contributed by atoms with Gasteiger partial charge in [0.15, 0.2) is 0 Å². The van der Waals surface area contributed by atoms with Crippen LogP contribution in [0.25, 0.3) is 0 Å². The molecule has 2 aliphatic carbocycles. The van der Waals surface area contributed by atoms with Gasteiger partial charge in [0.25, 0.3) is 0 Å². The first-order chi connectivity index (χ1) is 5.41. The van der Waals surface area contributed by atoms with Crippen LogP contribution in [0.4, 0.5) is 4.39 Å². The van der Waals surface area contributed by atoms with Gasteiger partial charge in [-0.3, -0.25) is 0 Å². The molecule has 2 aliphatic rings. The van der Waals surface area contributed by atoms with Crippen LogP contribution in [-0.4, -0.2) is 12.2 Å². The molecule has 0 saturated heterocycles. The largest absolute Gasteiger partial charge is 0.327 e. The van der Waals surface area contributed by atoms with Crippen molar-refractivity contribution >= 4 is 0 Å². The van der Waals surface area contributed by atoms with E-state index in [4.69, 9.17) is 5.73 Å². The van der Waals surface area contributed by atoms with Crippen molar-refractivity contribution in [2.45, 2.75) is 45.8 Å². The normalized spacial score (nSPS) is 56.2. The molecule has 0 heterocycles. The molecule has 0 spiro atoms. The summed E-state index contributed by atoms with van der Waals surface area (Å²) in [6.45, 7) is 6.20. The number of hydrogen-bond acceptors (Lipinski definition) is 1. The Morgan fingerprint density at radius 3 is 2.17 bits per heavy atom. The zero-order valence-corrected chi connectivity index (χ0v) is 8.10. The van der Waals surface area contributed by atoms with Crippen molar-refractivity contribution in [3.05, 3.63) is 0 Å². The van der Waals surface area contributed by atoms with Gasteiger partial charge < -0.3 is 5.73 Å². The predicted molar refractivity (Wildman–Crippen MR) is 47.5 cm³/mol. The van der Waals surface area contributed by atoms with Gasteiger partial charge in [0.1, 0.15) is 6.17 Å². The van der Waals surface area contributed by atoms with Gasteiger partial charge in [-0.2, -0.15) is 0 Å². The molecule has 0 amide bonds. The van der Waals surface area contributed by atoms with Gasteiger partial charge in [-0.05, 0) is 18.3 Å². The number of rotatable bonds is 0. The standard InChI is InChI=1S/C10H18FN/c1-9(2)7(11)6-4-5-10(9,3)8(6)12/h6-8H,4-5,12H2,1-3H3. The van der Waals surface area contributed by atoms with Gasteiger partial charge in [-0.15, -0.1) is 0 Å². The summed E-state index contributed by atoms with van der Waals surface area (Å²) in [5, 5.41) is 0. The Balaban J connectivity index is 2.43. The molecule has 2 N–H and O–H groups in total. The summed E-state index contributed by atoms with van der Waals surface area (Å²) < 4.78 is 13.8. The Morgan fingerprint density at radius 1 is 1.33 bits per heavy atom. The fourth-order valence-corrected chi connectivity index (χ4v) is 3.22. The monoisotopic (exact) mass is 171 g/mol. The van der Waals surface area contributed by atoms with Crippen LogP contribution in [0.15, 0.2) is 0 Å². The molecule has 2 fully saturated rings. The second-order valence-corrected chi connectivity index (χ2v) is 5.27. The van der Waals surface area contributed by atoms with Crippen LogP contribution in [0.3, 0.4) is 0 Å². The molecule has 0 radical (unpaired) electrons. The molecule has 0 aromatic heterocycles. The second-order valence-electron chi connectivity index (χ2n) is 5.27. The summed E-state index contributed by atoms with van der Waals surface area (Å²) in [6.07, 6.45) is 1.40. The van der Waals surface area contributed by atoms with Gasteiger partial charge in [0.2, 0.25) is 0 Å². The van der Waals surface area contributed by atoms with Crippen molar-refractivity contribution < 1.29 is 4.39 Å². The summed E-state index contributed by atoms with van der Waals surface area (Å²) in [5.74, 6) is 0.130. The number of fused-ring (bicyclic) bond motifs is 2. The minimum absolute atomic E-state index is 0.0388. The van der Waals surface area contributed by atoms with Gasteiger partial charge in [-0.1, -0.05) is 20.8 Å². The highest BCUT2D eigenvalue weighted by atomic mass is 19.1. The van der Waals surface area contributed by atoms with Gasteiger partial charge in [0.05, 0.1) is 0 Å². The summed E-state index contributed by atoms with van der Waals surface area (Å²) in [6, 6.07) is 0.0856. The maximum Gasteiger partial charge on any atom is 0.110 e. The zero-order chi connectivity index (χ0) is 9.15. The first kappa shape index (κ1) is 8.49. The molecule has 12 heavy (non-hydrogen) atoms. The summed E-state index contributed by atoms with van der Waals surface area (Å²) in [7, 11) is 0. The van der Waals surface area contributed by atoms with Crippen molar-refractivity contribution in [2.75, 3.05) is 0 Å². The van der Waals surface area contributed by atoms with E-state index < -0.39 is 6.17 Å². The topological polar surface area (TPSA) is 26.0 Å². The van der Waals surface area contributed by atoms with E-state index in [-0.39, 0.29) is 22.8 Å². The molecule has 0 aromatic carbocycles. The minimum Gasteiger partial charge on any atom is -0.327 e. The second kappa shape index (κ2) is 2.03. The van der Waals surface area contributed by atoms with Crippen LogP contribution in [0.1, 0.15) is 33.6 Å². The number of nitrogens with two attached hydrogens (primary N) is 1. The van der Waals surface area contributed by atoms with Crippen LogP contribution < -0.4 is 5.73 Å². The van der Waals surface area contributed by atoms with Crippen LogP contribution >= 0.6 is 0 Å². The molecular weight excluding hydrogens is 153 g/mol. The average Bonchev–Trinajstić information content (AvgIpc) is 2.33. The highest BCUT2D eigenvalue weighted by molar-refractivity contribution is 5.16. The predicted octanol–water partition coefficient (Wildman–Crippen LogP) is 2.11. The molecule has 0 aliphatic heterocycles. The maximum atomic E-state index is 13.8. The molecule has 1 nitrogen and oxygen atoms in total. The summed E-state index contributed by atoms with van der Waals surface area (Å²) >= 11 is 0. The van der Waals surface area contributed by atoms with E-state index >= 15 is 0 Å². The van der Waals surface area contributed by atoms with Crippen molar-refractivity contribution in [2.24, 2.45) is 22.5 Å². The lowest BCUT2D eigenvalue weighted by Crippen LogP contribution is -2.42. The highest BCUT2D eigenvalue weighted by Crippen LogP contribution is 2.64. The lowest BCUT2D eigenvalue weighted by Gasteiger charge is -2.41. The number of halogens is 1. The van der Waals surface area contributed by atoms with E-state index in [0.29, 0.717) is 0 Å². The van der Waals surface area contributed by atoms with E-state index in [1.807, 2.05) is 13.8 Å². The van der Waals surface area contributed by atoms with Crippen LogP contribution in [0.5, 0.6) is 0 Å². The van der Waals surface area contributed by atoms with E-state index in [9.17, 15) is 4.39 Å². The van der Waals surface area contributed by atoms with Crippen molar-refractivity contribution in [1.82, 2.24) is 0 Å². The molecule has 70 valence electrons. The third kappa shape index (κ3) is 0.642. The van der Waals surface area contributed by atoms with Crippen molar-refractivity contribution in [3.8, 4) is 0 Å². The highest BCUT2D eigenvalue weighted by Gasteiger charge is 2.65. The van der Waals surface area contributed by atoms with Gasteiger partial charge >= 0.3 is 0 Å². The Morgan fingerprint density at radius 2 is 1.92 bits per heavy atom. The summed E-state index contributed by atoms with van der Waals surface area (Å²) in [4.78, 5) is 0. The molecule has 2 heteroatoms. The lowest BCUT2D eigenvalue weighted by molar-refractivity contribution is 0.0229. The Hall–Kier alpha value is -0.110. The quantitative estimate of drug-likeness (QED) is 0.593. The van der Waals surface area contributed by atoms with E-state index in [2.05, 4.69) is 6.92 Å². The lowest BCUT2D eigenvalue weighted by atomic mass is 9.65. The molecule has 4 atom stereocenters. The van der Waals surface area contributed by atoms with Crippen LogP contribution in [0.2, 0.25) is 0 Å². The Bertz CT molecular complexity index is 210. The molecule has 2 saturated carbocycles. The van der Waals surface area contributed by atoms with E-state index in [1.54, 1.807) is 0 Å². The molecule has 2 rings (SSSR count). The molecule has 4 unspecified atom stereocenters. The van der Waals surface area contributed by atoms with E-state index in [1.165, 1.54) is 0 Å². The zero-order valence-electron chi connectivity index (χ0n) is 8.10. The minimum atomic E-state index is -0.689. The van der Waals surface area contributed by atoms with Crippen LogP contribution in [0, 0.1) is 16.7 Å². The van der Waals surface area contributed by atoms with Gasteiger partial charge in [-0.25, -0.2) is 4.39 Å². The van der Waals surface area contributed by atoms with E-state index in [0.717, 1.165) is 12.8 Å². The smallest absolute Gasteiger partial charge is 0.110 e. The first-order valence-corrected chi connectivity index (χ1v) is 4.81. The fourth-order valence-electron chi connectivity index (χ4n) is 3.22. The third-order valence-electron chi connectivity index (χ3n) is 4.73. The van der Waals surface area contributed by atoms with Crippen LogP contribution in [-0.2, 0) is 0 Å². The molecule has 0 aromatic rings. The maximum absolute atomic E-state index is 13.8. The van der Waals surface area contributed by atoms with Crippen molar-refractivity contribution in [1.29, 1.82) is 0 Å². The first-order valence-electron chi connectivity index (χ1n) is 4.81. The van der Waals surface area contributed by atoms with Crippen molar-refractivity contribution in [3.63, 3.8) is 0 Å². The van der Waals surface area contributed by atoms with Gasteiger partial charge in [0, 0.05) is 17.4 Å². The Kier molecular flexibility index (Phi) is 1.44. The molecule has 2 bridgehead atoms. The average molecular weight is 171 g/mol. The summed E-state index contributed by atoms with van der Waals surface area (Å²) in [5.41, 5.74) is 5.87. The third-order valence-corrected chi connectivity index (χ3v) is 4.73. The fraction of sp³-hybridized carbons (Fsp3) is 1.00. The number of hydrogen-bond donors (Lipinski definition) is 1. The Labute approximate surface area is 73.5 Å². The molecular formula is C10H18FN. The SMILES string of the molecule is CC1(C)C(F)C2CCC1(C)C2N.